The fourth-order valence-corrected chi connectivity index (χ4v) is 1.50. The van der Waals surface area contributed by atoms with Crippen LogP contribution in [0.15, 0.2) is 18.2 Å². The Balaban J connectivity index is 2.25. The van der Waals surface area contributed by atoms with Gasteiger partial charge >= 0.3 is 0 Å². The summed E-state index contributed by atoms with van der Waals surface area (Å²) >= 11 is 0. The Morgan fingerprint density at radius 2 is 2.23 bits per heavy atom. The summed E-state index contributed by atoms with van der Waals surface area (Å²) in [7, 11) is 0. The summed E-state index contributed by atoms with van der Waals surface area (Å²) in [5.74, 6) is 1.60. The molecule has 1 aromatic carbocycles. The zero-order valence-electron chi connectivity index (χ0n) is 7.92. The van der Waals surface area contributed by atoms with Crippen molar-refractivity contribution in [3.8, 4) is 5.75 Å². The van der Waals surface area contributed by atoms with Crippen molar-refractivity contribution in [2.75, 3.05) is 12.3 Å². The molecule has 0 saturated heterocycles. The second kappa shape index (κ2) is 3.29. The predicted molar refractivity (Wildman–Crippen MR) is 54.0 cm³/mol. The third-order valence-corrected chi connectivity index (χ3v) is 2.39. The fraction of sp³-hybridized carbons (Fsp3) is 0.455. The van der Waals surface area contributed by atoms with E-state index in [0.717, 1.165) is 17.4 Å². The van der Waals surface area contributed by atoms with Gasteiger partial charge in [0, 0.05) is 0 Å². The molecule has 1 aliphatic carbocycles. The lowest BCUT2D eigenvalue weighted by molar-refractivity contribution is 0.341. The number of anilines is 1. The van der Waals surface area contributed by atoms with E-state index in [0.29, 0.717) is 6.61 Å². The first kappa shape index (κ1) is 8.42. The van der Waals surface area contributed by atoms with Gasteiger partial charge in [0.25, 0.3) is 0 Å². The van der Waals surface area contributed by atoms with Crippen molar-refractivity contribution in [1.82, 2.24) is 0 Å². The van der Waals surface area contributed by atoms with Crippen LogP contribution in [-0.2, 0) is 0 Å². The van der Waals surface area contributed by atoms with Crippen LogP contribution in [0.1, 0.15) is 31.2 Å². The lowest BCUT2D eigenvalue weighted by atomic mass is 10.1. The summed E-state index contributed by atoms with van der Waals surface area (Å²) in [6.07, 6.45) is 2.63. The van der Waals surface area contributed by atoms with E-state index in [1.807, 2.05) is 13.0 Å². The summed E-state index contributed by atoms with van der Waals surface area (Å²) in [6.45, 7) is 2.65. The Kier molecular flexibility index (Phi) is 2.13. The molecule has 0 spiro atoms. The average Bonchev–Trinajstić information content (AvgIpc) is 2.92. The maximum absolute atomic E-state index is 5.77. The quantitative estimate of drug-likeness (QED) is 0.720. The van der Waals surface area contributed by atoms with Crippen LogP contribution in [0.25, 0.3) is 0 Å². The van der Waals surface area contributed by atoms with Crippen LogP contribution in [-0.4, -0.2) is 6.61 Å². The largest absolute Gasteiger partial charge is 0.492 e. The lowest BCUT2D eigenvalue weighted by Gasteiger charge is -2.08. The normalized spacial score (nSPS) is 15.8. The molecule has 2 heteroatoms. The van der Waals surface area contributed by atoms with E-state index >= 15 is 0 Å². The van der Waals surface area contributed by atoms with E-state index in [-0.39, 0.29) is 0 Å². The minimum Gasteiger partial charge on any atom is -0.492 e. The SMILES string of the molecule is CCOc1cc(C2CC2)ccc1N. The molecule has 0 unspecified atom stereocenters. The van der Waals surface area contributed by atoms with Gasteiger partial charge in [0.1, 0.15) is 5.75 Å². The van der Waals surface area contributed by atoms with Gasteiger partial charge in [-0.15, -0.1) is 0 Å². The molecule has 0 bridgehead atoms. The van der Waals surface area contributed by atoms with Crippen LogP contribution >= 0.6 is 0 Å². The highest BCUT2D eigenvalue weighted by Crippen LogP contribution is 2.41. The molecular formula is C11H15NO. The highest BCUT2D eigenvalue weighted by atomic mass is 16.5. The van der Waals surface area contributed by atoms with Crippen molar-refractivity contribution in [1.29, 1.82) is 0 Å². The molecule has 0 amide bonds. The zero-order valence-corrected chi connectivity index (χ0v) is 7.92. The van der Waals surface area contributed by atoms with Crippen molar-refractivity contribution in [2.24, 2.45) is 0 Å². The predicted octanol–water partition coefficient (Wildman–Crippen LogP) is 2.54. The molecule has 1 aliphatic rings. The molecule has 2 nitrogen and oxygen atoms in total. The standard InChI is InChI=1S/C11H15NO/c1-2-13-11-7-9(8-3-4-8)5-6-10(11)12/h5-8H,2-4,12H2,1H3. The molecule has 70 valence electrons. The number of nitrogen functional groups attached to an aromatic ring is 1. The smallest absolute Gasteiger partial charge is 0.142 e. The minimum atomic E-state index is 0.679. The van der Waals surface area contributed by atoms with Gasteiger partial charge in [-0.3, -0.25) is 0 Å². The summed E-state index contributed by atoms with van der Waals surface area (Å²) < 4.78 is 5.43. The first-order chi connectivity index (χ1) is 6.31. The average molecular weight is 177 g/mol. The highest BCUT2D eigenvalue weighted by Gasteiger charge is 2.23. The number of hydrogen-bond donors (Lipinski definition) is 1. The first-order valence-electron chi connectivity index (χ1n) is 4.83. The van der Waals surface area contributed by atoms with Crippen LogP contribution in [0.5, 0.6) is 5.75 Å². The fourth-order valence-electron chi connectivity index (χ4n) is 1.50. The van der Waals surface area contributed by atoms with Crippen molar-refractivity contribution >= 4 is 5.69 Å². The van der Waals surface area contributed by atoms with Crippen molar-refractivity contribution in [3.63, 3.8) is 0 Å². The third kappa shape index (κ3) is 1.77. The van der Waals surface area contributed by atoms with Gasteiger partial charge in [0.05, 0.1) is 12.3 Å². The second-order valence-electron chi connectivity index (χ2n) is 3.50. The Morgan fingerprint density at radius 3 is 2.85 bits per heavy atom. The second-order valence-corrected chi connectivity index (χ2v) is 3.50. The molecule has 2 rings (SSSR count). The number of benzene rings is 1. The number of rotatable bonds is 3. The molecular weight excluding hydrogens is 162 g/mol. The van der Waals surface area contributed by atoms with E-state index in [9.17, 15) is 0 Å². The highest BCUT2D eigenvalue weighted by molar-refractivity contribution is 5.54. The molecule has 0 aromatic heterocycles. The van der Waals surface area contributed by atoms with Gasteiger partial charge in [0.2, 0.25) is 0 Å². The molecule has 2 N–H and O–H groups in total. The van der Waals surface area contributed by atoms with Crippen LogP contribution in [0, 0.1) is 0 Å². The van der Waals surface area contributed by atoms with Crippen LogP contribution in [0.2, 0.25) is 0 Å². The molecule has 1 aromatic rings. The maximum Gasteiger partial charge on any atom is 0.142 e. The van der Waals surface area contributed by atoms with E-state index in [1.165, 1.54) is 18.4 Å². The molecule has 1 saturated carbocycles. The van der Waals surface area contributed by atoms with Crippen LogP contribution in [0.4, 0.5) is 5.69 Å². The molecule has 13 heavy (non-hydrogen) atoms. The Hall–Kier alpha value is -1.18. The molecule has 0 heterocycles. The topological polar surface area (TPSA) is 35.2 Å². The number of ether oxygens (including phenoxy) is 1. The van der Waals surface area contributed by atoms with Crippen LogP contribution < -0.4 is 10.5 Å². The summed E-state index contributed by atoms with van der Waals surface area (Å²) in [4.78, 5) is 0. The number of nitrogens with two attached hydrogens (primary N) is 1. The van der Waals surface area contributed by atoms with Gasteiger partial charge in [0.15, 0.2) is 0 Å². The molecule has 0 aliphatic heterocycles. The first-order valence-corrected chi connectivity index (χ1v) is 4.83. The van der Waals surface area contributed by atoms with Gasteiger partial charge in [-0.25, -0.2) is 0 Å². The zero-order chi connectivity index (χ0) is 9.26. The Labute approximate surface area is 78.7 Å². The van der Waals surface area contributed by atoms with Gasteiger partial charge in [-0.2, -0.15) is 0 Å². The van der Waals surface area contributed by atoms with Crippen molar-refractivity contribution in [3.05, 3.63) is 23.8 Å². The Bertz CT molecular complexity index is 305. The van der Waals surface area contributed by atoms with E-state index in [1.54, 1.807) is 0 Å². The van der Waals surface area contributed by atoms with E-state index in [2.05, 4.69) is 12.1 Å². The summed E-state index contributed by atoms with van der Waals surface area (Å²) in [6, 6.07) is 6.13. The lowest BCUT2D eigenvalue weighted by Crippen LogP contribution is -1.97. The van der Waals surface area contributed by atoms with Gasteiger partial charge < -0.3 is 10.5 Å². The molecule has 0 radical (unpaired) electrons. The molecule has 1 fully saturated rings. The maximum atomic E-state index is 5.77. The van der Waals surface area contributed by atoms with Crippen molar-refractivity contribution in [2.45, 2.75) is 25.7 Å². The molecule has 0 atom stereocenters. The number of hydrogen-bond acceptors (Lipinski definition) is 2. The Morgan fingerprint density at radius 1 is 1.46 bits per heavy atom. The summed E-state index contributed by atoms with van der Waals surface area (Å²) in [5.41, 5.74) is 7.89. The van der Waals surface area contributed by atoms with E-state index in [4.69, 9.17) is 10.5 Å². The van der Waals surface area contributed by atoms with Gasteiger partial charge in [-0.05, 0) is 43.4 Å². The van der Waals surface area contributed by atoms with Crippen molar-refractivity contribution < 1.29 is 4.74 Å². The van der Waals surface area contributed by atoms with Crippen LogP contribution in [0.3, 0.4) is 0 Å². The minimum absolute atomic E-state index is 0.679. The summed E-state index contributed by atoms with van der Waals surface area (Å²) in [5, 5.41) is 0. The monoisotopic (exact) mass is 177 g/mol. The van der Waals surface area contributed by atoms with Gasteiger partial charge in [-0.1, -0.05) is 6.07 Å². The van der Waals surface area contributed by atoms with E-state index < -0.39 is 0 Å². The third-order valence-electron chi connectivity index (χ3n) is 2.39.